The second-order valence-electron chi connectivity index (χ2n) is 6.23. The molecule has 9 nitrogen and oxygen atoms in total. The average molecular weight is 495 g/mol. The lowest BCUT2D eigenvalue weighted by atomic mass is 10.1. The minimum absolute atomic E-state index is 0.475. The van der Waals surface area contributed by atoms with Gasteiger partial charge in [-0.05, 0) is 65.2 Å². The molecule has 0 fully saturated rings. The summed E-state index contributed by atoms with van der Waals surface area (Å²) in [5.41, 5.74) is 1.38. The van der Waals surface area contributed by atoms with Crippen molar-refractivity contribution in [2.75, 3.05) is 42.7 Å². The highest BCUT2D eigenvalue weighted by Gasteiger charge is 2.13. The van der Waals surface area contributed by atoms with Gasteiger partial charge in [0.15, 0.2) is 23.0 Å². The van der Waals surface area contributed by atoms with Crippen LogP contribution in [0.4, 0.5) is 0 Å². The van der Waals surface area contributed by atoms with E-state index < -0.39 is 11.2 Å². The summed E-state index contributed by atoms with van der Waals surface area (Å²) in [6, 6.07) is 6.77. The van der Waals surface area contributed by atoms with E-state index in [1.807, 2.05) is 0 Å². The normalized spacial score (nSPS) is 10.3. The molecule has 34 heavy (non-hydrogen) atoms. The van der Waals surface area contributed by atoms with Crippen LogP contribution in [0.2, 0.25) is 0 Å². The number of carboxylic acid groups (broad SMARTS) is 1. The lowest BCUT2D eigenvalue weighted by Gasteiger charge is -2.12. The zero-order valence-electron chi connectivity index (χ0n) is 19.7. The summed E-state index contributed by atoms with van der Waals surface area (Å²) >= 11 is 5.22. The third-order valence-corrected chi connectivity index (χ3v) is 4.33. The Balaban J connectivity index is 0.000000340. The second kappa shape index (κ2) is 14.3. The van der Waals surface area contributed by atoms with Gasteiger partial charge in [-0.15, -0.1) is 0 Å². The molecule has 0 heterocycles. The van der Waals surface area contributed by atoms with E-state index in [4.69, 9.17) is 45.1 Å². The molecule has 0 atom stereocenters. The van der Waals surface area contributed by atoms with Gasteiger partial charge < -0.3 is 33.5 Å². The maximum atomic E-state index is 10.6. The third-order valence-electron chi connectivity index (χ3n) is 4.20. The van der Waals surface area contributed by atoms with Gasteiger partial charge in [-0.2, -0.15) is 0 Å². The maximum Gasteiger partial charge on any atom is 0.328 e. The number of carboxylic acids is 1. The van der Waals surface area contributed by atoms with Crippen LogP contribution in [0, 0.1) is 0 Å². The number of hydrogen-bond acceptors (Lipinski definition) is 8. The molecule has 0 radical (unpaired) electrons. The first-order valence-corrected chi connectivity index (χ1v) is 10.0. The third kappa shape index (κ3) is 8.25. The number of carbonyl (C=O) groups excluding carboxylic acids is 1. The Hall–Kier alpha value is -3.85. The predicted octanol–water partition coefficient (Wildman–Crippen LogP) is 4.30. The summed E-state index contributed by atoms with van der Waals surface area (Å²) in [4.78, 5) is 21.1. The molecule has 0 amide bonds. The van der Waals surface area contributed by atoms with E-state index in [-0.39, 0.29) is 0 Å². The van der Waals surface area contributed by atoms with Gasteiger partial charge in [0.2, 0.25) is 16.7 Å². The zero-order chi connectivity index (χ0) is 25.7. The van der Waals surface area contributed by atoms with E-state index >= 15 is 0 Å². The van der Waals surface area contributed by atoms with Crippen LogP contribution in [0.5, 0.6) is 34.5 Å². The molecule has 0 saturated carbocycles. The molecule has 10 heteroatoms. The van der Waals surface area contributed by atoms with Crippen molar-refractivity contribution >= 4 is 35.0 Å². The van der Waals surface area contributed by atoms with Crippen LogP contribution in [0.15, 0.2) is 36.4 Å². The molecule has 1 N–H and O–H groups in total. The Kier molecular flexibility index (Phi) is 11.9. The fourth-order valence-electron chi connectivity index (χ4n) is 2.72. The summed E-state index contributed by atoms with van der Waals surface area (Å²) in [6.07, 6.45) is 5.32. The van der Waals surface area contributed by atoms with Gasteiger partial charge in [-0.1, -0.05) is 0 Å². The van der Waals surface area contributed by atoms with Crippen molar-refractivity contribution in [3.8, 4) is 34.5 Å². The Morgan fingerprint density at radius 1 is 0.647 bits per heavy atom. The summed E-state index contributed by atoms with van der Waals surface area (Å²) in [5.74, 6) is 1.97. The minimum atomic E-state index is -1.02. The number of allylic oxidation sites excluding steroid dienone is 1. The highest BCUT2D eigenvalue weighted by atomic mass is 35.5. The zero-order valence-corrected chi connectivity index (χ0v) is 20.5. The molecule has 0 saturated heterocycles. The van der Waals surface area contributed by atoms with Gasteiger partial charge in [0.25, 0.3) is 0 Å². The maximum absolute atomic E-state index is 10.6. The Morgan fingerprint density at radius 3 is 1.21 bits per heavy atom. The fraction of sp³-hybridized carbons (Fsp3) is 0.250. The van der Waals surface area contributed by atoms with Crippen molar-refractivity contribution in [1.82, 2.24) is 0 Å². The number of hydrogen-bond donors (Lipinski definition) is 1. The first-order chi connectivity index (χ1) is 16.2. The largest absolute Gasteiger partial charge is 0.493 e. The van der Waals surface area contributed by atoms with Crippen molar-refractivity contribution in [2.45, 2.75) is 0 Å². The molecule has 0 unspecified atom stereocenters. The van der Waals surface area contributed by atoms with Crippen molar-refractivity contribution in [2.24, 2.45) is 0 Å². The summed E-state index contributed by atoms with van der Waals surface area (Å²) in [7, 11) is 9.09. The number of rotatable bonds is 10. The minimum Gasteiger partial charge on any atom is -0.493 e. The van der Waals surface area contributed by atoms with Gasteiger partial charge >= 0.3 is 5.97 Å². The van der Waals surface area contributed by atoms with Crippen LogP contribution in [0.1, 0.15) is 11.1 Å². The molecule has 0 aromatic heterocycles. The first kappa shape index (κ1) is 28.2. The van der Waals surface area contributed by atoms with Crippen LogP contribution in [0.25, 0.3) is 12.2 Å². The van der Waals surface area contributed by atoms with Crippen molar-refractivity contribution < 1.29 is 43.1 Å². The van der Waals surface area contributed by atoms with E-state index in [1.165, 1.54) is 54.8 Å². The van der Waals surface area contributed by atoms with Crippen molar-refractivity contribution in [3.63, 3.8) is 0 Å². The highest BCUT2D eigenvalue weighted by Crippen LogP contribution is 2.39. The van der Waals surface area contributed by atoms with E-state index in [0.717, 1.165) is 11.6 Å². The summed E-state index contributed by atoms with van der Waals surface area (Å²) < 4.78 is 30.9. The van der Waals surface area contributed by atoms with Crippen LogP contribution in [-0.4, -0.2) is 59.0 Å². The molecule has 2 aromatic carbocycles. The average Bonchev–Trinajstić information content (AvgIpc) is 2.84. The lowest BCUT2D eigenvalue weighted by Crippen LogP contribution is -1.95. The van der Waals surface area contributed by atoms with Crippen molar-refractivity contribution in [3.05, 3.63) is 47.5 Å². The van der Waals surface area contributed by atoms with E-state index in [2.05, 4.69) is 0 Å². The molecular weight excluding hydrogens is 468 g/mol. The SMILES string of the molecule is COc1cc(/C=C/C(=O)Cl)cc(OC)c1OC.COc1cc(C=CC(=O)O)cc(OC)c1OC. The van der Waals surface area contributed by atoms with E-state index in [9.17, 15) is 9.59 Å². The fourth-order valence-corrected chi connectivity index (χ4v) is 2.79. The van der Waals surface area contributed by atoms with Crippen LogP contribution < -0.4 is 28.4 Å². The lowest BCUT2D eigenvalue weighted by molar-refractivity contribution is -0.131. The summed E-state index contributed by atoms with van der Waals surface area (Å²) in [5, 5.41) is 8.01. The Morgan fingerprint density at radius 2 is 0.971 bits per heavy atom. The summed E-state index contributed by atoms with van der Waals surface area (Å²) in [6.45, 7) is 0. The van der Waals surface area contributed by atoms with Crippen LogP contribution in [0.3, 0.4) is 0 Å². The number of carbonyl (C=O) groups is 2. The smallest absolute Gasteiger partial charge is 0.328 e. The predicted molar refractivity (Wildman–Crippen MR) is 129 cm³/mol. The number of halogens is 1. The Labute approximate surface area is 203 Å². The Bertz CT molecular complexity index is 911. The van der Waals surface area contributed by atoms with Gasteiger partial charge in [0, 0.05) is 6.08 Å². The molecule has 0 aliphatic heterocycles. The number of ether oxygens (including phenoxy) is 6. The molecule has 2 aromatic rings. The number of methoxy groups -OCH3 is 6. The molecule has 0 aliphatic carbocycles. The van der Waals surface area contributed by atoms with E-state index in [0.29, 0.717) is 40.1 Å². The van der Waals surface area contributed by atoms with Gasteiger partial charge in [0.05, 0.1) is 42.7 Å². The van der Waals surface area contributed by atoms with Gasteiger partial charge in [0.1, 0.15) is 0 Å². The number of aliphatic carboxylic acids is 1. The molecule has 2 rings (SSSR count). The van der Waals surface area contributed by atoms with Crippen LogP contribution >= 0.6 is 11.6 Å². The first-order valence-electron chi connectivity index (χ1n) is 9.63. The molecule has 184 valence electrons. The molecule has 0 spiro atoms. The highest BCUT2D eigenvalue weighted by molar-refractivity contribution is 6.66. The quantitative estimate of drug-likeness (QED) is 0.381. The number of benzene rings is 2. The van der Waals surface area contributed by atoms with Gasteiger partial charge in [-0.3, -0.25) is 4.79 Å². The van der Waals surface area contributed by atoms with Gasteiger partial charge in [-0.25, -0.2) is 4.79 Å². The molecule has 0 aliphatic rings. The molecule has 0 bridgehead atoms. The second-order valence-corrected chi connectivity index (χ2v) is 6.60. The standard InChI is InChI=1S/C12H13ClO4.C12H14O5/c2*1-15-9-6-8(4-5-11(13)14)7-10(16-2)12(9)17-3/h4-7H,1-3H3;4-7H,1-3H3,(H,13,14)/b5-4+;. The monoisotopic (exact) mass is 494 g/mol. The topological polar surface area (TPSA) is 110 Å². The van der Waals surface area contributed by atoms with E-state index in [1.54, 1.807) is 30.3 Å². The van der Waals surface area contributed by atoms with Crippen LogP contribution in [-0.2, 0) is 9.59 Å². The molecular formula is C24H27ClO9. The van der Waals surface area contributed by atoms with Crippen molar-refractivity contribution in [1.29, 1.82) is 0 Å².